The van der Waals surface area contributed by atoms with Crippen LogP contribution in [0, 0.1) is 23.7 Å². The molecular weight excluding hydrogens is 288 g/mol. The molecule has 0 radical (unpaired) electrons. The Bertz CT molecular complexity index is 551. The number of rotatable bonds is 5. The standard InChI is InChI=1S/C19H28N2O2/c1-12(2)16-9-4-13(3)10-17(16)19(23)21-15-7-5-14(6-8-15)11-18(20)22/h5-8,12-13,16-17H,4,9-11H2,1-3H3,(H2,20,22)(H,21,23)/p+1. The summed E-state index contributed by atoms with van der Waals surface area (Å²) in [5.41, 5.74) is 5.12. The summed E-state index contributed by atoms with van der Waals surface area (Å²) in [6.07, 6.45) is 3.68. The fourth-order valence-electron chi connectivity index (χ4n) is 3.67. The lowest BCUT2D eigenvalue weighted by atomic mass is 9.70. The highest BCUT2D eigenvalue weighted by Gasteiger charge is 2.35. The van der Waals surface area contributed by atoms with E-state index in [1.807, 2.05) is 24.3 Å². The molecule has 23 heavy (non-hydrogen) atoms. The van der Waals surface area contributed by atoms with Crippen LogP contribution in [-0.2, 0) is 16.0 Å². The minimum Gasteiger partial charge on any atom is -0.326 e. The first-order valence-electron chi connectivity index (χ1n) is 8.61. The van der Waals surface area contributed by atoms with E-state index in [0.717, 1.165) is 24.1 Å². The van der Waals surface area contributed by atoms with E-state index in [-0.39, 0.29) is 17.7 Å². The summed E-state index contributed by atoms with van der Waals surface area (Å²) in [5, 5.41) is 3.06. The molecule has 4 nitrogen and oxygen atoms in total. The van der Waals surface area contributed by atoms with Crippen molar-refractivity contribution in [3.63, 3.8) is 0 Å². The topological polar surface area (TPSA) is 73.8 Å². The predicted octanol–water partition coefficient (Wildman–Crippen LogP) is 2.64. The van der Waals surface area contributed by atoms with Gasteiger partial charge in [-0.05, 0) is 48.3 Å². The highest BCUT2D eigenvalue weighted by Crippen LogP contribution is 2.38. The molecule has 4 N–H and O–H groups in total. The van der Waals surface area contributed by atoms with Crippen LogP contribution in [-0.4, -0.2) is 11.8 Å². The van der Waals surface area contributed by atoms with E-state index in [9.17, 15) is 9.59 Å². The lowest BCUT2D eigenvalue weighted by molar-refractivity contribution is -0.304. The zero-order valence-electron chi connectivity index (χ0n) is 14.5. The predicted molar refractivity (Wildman–Crippen MR) is 91.5 cm³/mol. The Morgan fingerprint density at radius 3 is 2.43 bits per heavy atom. The monoisotopic (exact) mass is 317 g/mol. The van der Waals surface area contributed by atoms with E-state index >= 15 is 0 Å². The molecule has 1 aromatic carbocycles. The van der Waals surface area contributed by atoms with Crippen LogP contribution in [0.25, 0.3) is 0 Å². The third-order valence-electron chi connectivity index (χ3n) is 4.98. The van der Waals surface area contributed by atoms with E-state index < -0.39 is 0 Å². The molecule has 1 aliphatic carbocycles. The average Bonchev–Trinajstić information content (AvgIpc) is 2.48. The summed E-state index contributed by atoms with van der Waals surface area (Å²) < 4.78 is 0. The highest BCUT2D eigenvalue weighted by atomic mass is 16.2. The van der Waals surface area contributed by atoms with Crippen molar-refractivity contribution in [2.75, 3.05) is 5.32 Å². The molecule has 0 bridgehead atoms. The third kappa shape index (κ3) is 4.90. The van der Waals surface area contributed by atoms with Crippen LogP contribution in [0.4, 0.5) is 5.69 Å². The van der Waals surface area contributed by atoms with Gasteiger partial charge in [0.1, 0.15) is 0 Å². The van der Waals surface area contributed by atoms with Crippen molar-refractivity contribution in [2.45, 2.75) is 46.5 Å². The first kappa shape index (κ1) is 17.7. The van der Waals surface area contributed by atoms with Gasteiger partial charge in [-0.25, -0.2) is 4.79 Å². The van der Waals surface area contributed by atoms with Gasteiger partial charge in [0.25, 0.3) is 0 Å². The summed E-state index contributed by atoms with van der Waals surface area (Å²) in [6, 6.07) is 7.49. The van der Waals surface area contributed by atoms with Crippen LogP contribution >= 0.6 is 0 Å². The molecule has 4 heteroatoms. The van der Waals surface area contributed by atoms with Crippen LogP contribution in [0.15, 0.2) is 24.3 Å². The number of hydrogen-bond acceptors (Lipinski definition) is 2. The summed E-state index contributed by atoms with van der Waals surface area (Å²) in [4.78, 5) is 23.7. The molecule has 126 valence electrons. The van der Waals surface area contributed by atoms with Crippen LogP contribution < -0.4 is 11.1 Å². The molecule has 1 aliphatic rings. The Morgan fingerprint density at radius 1 is 1.22 bits per heavy atom. The van der Waals surface area contributed by atoms with E-state index in [1.165, 1.54) is 6.42 Å². The third-order valence-corrected chi connectivity index (χ3v) is 4.98. The minimum atomic E-state index is -0.0993. The van der Waals surface area contributed by atoms with Gasteiger partial charge >= 0.3 is 5.91 Å². The Morgan fingerprint density at radius 2 is 1.87 bits per heavy atom. The maximum atomic E-state index is 12.7. The lowest BCUT2D eigenvalue weighted by Crippen LogP contribution is -2.57. The molecule has 1 aromatic rings. The molecule has 1 saturated carbocycles. The van der Waals surface area contributed by atoms with Gasteiger partial charge in [0.2, 0.25) is 5.91 Å². The largest absolute Gasteiger partial charge is 0.326 e. The molecule has 0 heterocycles. The Hall–Kier alpha value is -1.68. The summed E-state index contributed by atoms with van der Waals surface area (Å²) in [6.45, 7) is 6.67. The van der Waals surface area contributed by atoms with E-state index in [4.69, 9.17) is 0 Å². The number of hydrogen-bond donors (Lipinski definition) is 2. The smallest absolute Gasteiger partial charge is 0.313 e. The van der Waals surface area contributed by atoms with Crippen LogP contribution in [0.2, 0.25) is 0 Å². The zero-order valence-corrected chi connectivity index (χ0v) is 14.5. The van der Waals surface area contributed by atoms with Crippen molar-refractivity contribution < 1.29 is 15.3 Å². The first-order valence-corrected chi connectivity index (χ1v) is 8.61. The van der Waals surface area contributed by atoms with Crippen molar-refractivity contribution in [3.05, 3.63) is 29.8 Å². The van der Waals surface area contributed by atoms with E-state index in [2.05, 4.69) is 31.8 Å². The molecule has 0 saturated heterocycles. The van der Waals surface area contributed by atoms with Gasteiger partial charge in [-0.1, -0.05) is 39.3 Å². The summed E-state index contributed by atoms with van der Waals surface area (Å²) in [7, 11) is 0. The fraction of sp³-hybridized carbons (Fsp3) is 0.579. The van der Waals surface area contributed by atoms with Crippen molar-refractivity contribution in [1.29, 1.82) is 0 Å². The quantitative estimate of drug-likeness (QED) is 0.876. The van der Waals surface area contributed by atoms with Crippen molar-refractivity contribution in [3.8, 4) is 0 Å². The average molecular weight is 317 g/mol. The van der Waals surface area contributed by atoms with Crippen LogP contribution in [0.5, 0.6) is 0 Å². The molecule has 3 unspecified atom stereocenters. The second-order valence-corrected chi connectivity index (χ2v) is 7.33. The number of anilines is 1. The van der Waals surface area contributed by atoms with E-state index in [0.29, 0.717) is 24.2 Å². The Labute approximate surface area is 138 Å². The molecule has 0 aliphatic heterocycles. The van der Waals surface area contributed by atoms with Crippen LogP contribution in [0.1, 0.15) is 45.6 Å². The van der Waals surface area contributed by atoms with Gasteiger partial charge in [-0.2, -0.15) is 0 Å². The highest BCUT2D eigenvalue weighted by molar-refractivity contribution is 5.92. The SMILES string of the molecule is CC1CCC(C(C)C)C(C(=O)Nc2ccc(CC([NH3+])=O)cc2)C1. The number of benzene rings is 1. The molecular formula is C19H29N2O2+. The second-order valence-electron chi connectivity index (χ2n) is 7.33. The Kier molecular flexibility index (Phi) is 5.94. The van der Waals surface area contributed by atoms with Gasteiger partial charge in [-0.3, -0.25) is 10.5 Å². The minimum absolute atomic E-state index is 0.0971. The molecule has 2 rings (SSSR count). The summed E-state index contributed by atoms with van der Waals surface area (Å²) >= 11 is 0. The first-order chi connectivity index (χ1) is 10.9. The second kappa shape index (κ2) is 7.73. The van der Waals surface area contributed by atoms with Crippen molar-refractivity contribution >= 4 is 17.5 Å². The van der Waals surface area contributed by atoms with Gasteiger partial charge in [0.15, 0.2) is 0 Å². The number of amides is 2. The van der Waals surface area contributed by atoms with Crippen molar-refractivity contribution in [1.82, 2.24) is 0 Å². The van der Waals surface area contributed by atoms with Gasteiger partial charge in [-0.15, -0.1) is 0 Å². The number of nitrogens with one attached hydrogen (secondary N) is 1. The number of carbonyl (C=O) groups is 2. The van der Waals surface area contributed by atoms with Gasteiger partial charge in [0.05, 0.1) is 6.42 Å². The van der Waals surface area contributed by atoms with Crippen molar-refractivity contribution in [2.24, 2.45) is 23.7 Å². The lowest BCUT2D eigenvalue weighted by Gasteiger charge is -2.36. The van der Waals surface area contributed by atoms with Gasteiger partial charge < -0.3 is 5.32 Å². The Balaban J connectivity index is 2.03. The van der Waals surface area contributed by atoms with E-state index in [1.54, 1.807) is 0 Å². The molecule has 1 fully saturated rings. The molecule has 0 aromatic heterocycles. The zero-order chi connectivity index (χ0) is 17.0. The number of quaternary nitrogens is 1. The molecule has 3 atom stereocenters. The summed E-state index contributed by atoms with van der Waals surface area (Å²) in [5.74, 6) is 1.75. The van der Waals surface area contributed by atoms with Crippen LogP contribution in [0.3, 0.4) is 0 Å². The number of carbonyl (C=O) groups excluding carboxylic acids is 2. The fourth-order valence-corrected chi connectivity index (χ4v) is 3.67. The van der Waals surface area contributed by atoms with Gasteiger partial charge in [0, 0.05) is 11.6 Å². The maximum Gasteiger partial charge on any atom is 0.313 e. The molecule has 2 amide bonds. The maximum absolute atomic E-state index is 12.7. The molecule has 0 spiro atoms. The normalized spacial score (nSPS) is 24.5.